The monoisotopic (exact) mass is 214 g/mol. The van der Waals surface area contributed by atoms with Crippen LogP contribution in [0.5, 0.6) is 0 Å². The van der Waals surface area contributed by atoms with Crippen molar-refractivity contribution in [3.63, 3.8) is 0 Å². The molecule has 0 saturated carbocycles. The SMILES string of the molecule is C[C@]1(C(=O)O)[C@@H]2CC[C@@H](O2)[C@@]1(C)C(=O)O. The topological polar surface area (TPSA) is 83.8 Å². The summed E-state index contributed by atoms with van der Waals surface area (Å²) in [5.74, 6) is -2.17. The molecular formula is C10H14O5. The van der Waals surface area contributed by atoms with E-state index in [-0.39, 0.29) is 0 Å². The van der Waals surface area contributed by atoms with Gasteiger partial charge in [0.2, 0.25) is 0 Å². The number of rotatable bonds is 2. The minimum Gasteiger partial charge on any atom is -0.481 e. The van der Waals surface area contributed by atoms with Gasteiger partial charge < -0.3 is 14.9 Å². The van der Waals surface area contributed by atoms with E-state index in [9.17, 15) is 19.8 Å². The van der Waals surface area contributed by atoms with Crippen molar-refractivity contribution in [2.45, 2.75) is 38.9 Å². The number of carboxylic acid groups (broad SMARTS) is 2. The van der Waals surface area contributed by atoms with E-state index < -0.39 is 35.0 Å². The van der Waals surface area contributed by atoms with Gasteiger partial charge in [0.1, 0.15) is 10.8 Å². The number of hydrogen-bond acceptors (Lipinski definition) is 3. The van der Waals surface area contributed by atoms with Crippen LogP contribution in [0.4, 0.5) is 0 Å². The van der Waals surface area contributed by atoms with E-state index >= 15 is 0 Å². The highest BCUT2D eigenvalue weighted by Crippen LogP contribution is 2.59. The van der Waals surface area contributed by atoms with Crippen LogP contribution >= 0.6 is 0 Å². The molecule has 0 aromatic rings. The lowest BCUT2D eigenvalue weighted by Crippen LogP contribution is -2.55. The third kappa shape index (κ3) is 0.916. The molecule has 2 aliphatic rings. The molecule has 0 amide bonds. The van der Waals surface area contributed by atoms with Crippen molar-refractivity contribution in [1.29, 1.82) is 0 Å². The van der Waals surface area contributed by atoms with Crippen molar-refractivity contribution in [3.05, 3.63) is 0 Å². The van der Waals surface area contributed by atoms with Gasteiger partial charge in [0.15, 0.2) is 0 Å². The summed E-state index contributed by atoms with van der Waals surface area (Å²) in [7, 11) is 0. The van der Waals surface area contributed by atoms with Crippen LogP contribution < -0.4 is 0 Å². The number of hydrogen-bond donors (Lipinski definition) is 2. The van der Waals surface area contributed by atoms with E-state index in [4.69, 9.17) is 4.74 Å². The molecule has 2 fully saturated rings. The minimum absolute atomic E-state index is 0.471. The van der Waals surface area contributed by atoms with Gasteiger partial charge in [-0.3, -0.25) is 9.59 Å². The summed E-state index contributed by atoms with van der Waals surface area (Å²) in [6, 6.07) is 0. The number of aliphatic carboxylic acids is 2. The minimum atomic E-state index is -1.32. The van der Waals surface area contributed by atoms with Crippen molar-refractivity contribution < 1.29 is 24.5 Å². The van der Waals surface area contributed by atoms with Gasteiger partial charge in [-0.1, -0.05) is 0 Å². The molecule has 4 atom stereocenters. The first kappa shape index (κ1) is 10.4. The molecule has 2 N–H and O–H groups in total. The molecule has 15 heavy (non-hydrogen) atoms. The Hall–Kier alpha value is -1.10. The predicted molar refractivity (Wildman–Crippen MR) is 49.4 cm³/mol. The average Bonchev–Trinajstić information content (AvgIpc) is 2.69. The Morgan fingerprint density at radius 2 is 1.40 bits per heavy atom. The van der Waals surface area contributed by atoms with Crippen molar-refractivity contribution in [1.82, 2.24) is 0 Å². The molecule has 2 rings (SSSR count). The molecule has 0 unspecified atom stereocenters. The maximum Gasteiger partial charge on any atom is 0.313 e. The van der Waals surface area contributed by atoms with Gasteiger partial charge in [0.25, 0.3) is 0 Å². The second kappa shape index (κ2) is 2.72. The Morgan fingerprint density at radius 1 is 1.07 bits per heavy atom. The van der Waals surface area contributed by atoms with Gasteiger partial charge in [-0.05, 0) is 26.7 Å². The Balaban J connectivity index is 2.53. The highest BCUT2D eigenvalue weighted by atomic mass is 16.5. The van der Waals surface area contributed by atoms with Crippen LogP contribution in [0.25, 0.3) is 0 Å². The number of carbonyl (C=O) groups is 2. The highest BCUT2D eigenvalue weighted by Gasteiger charge is 2.71. The molecule has 84 valence electrons. The van der Waals surface area contributed by atoms with Crippen LogP contribution in [-0.4, -0.2) is 34.4 Å². The lowest BCUT2D eigenvalue weighted by molar-refractivity contribution is -0.172. The van der Waals surface area contributed by atoms with E-state index in [1.165, 1.54) is 13.8 Å². The Morgan fingerprint density at radius 3 is 1.67 bits per heavy atom. The van der Waals surface area contributed by atoms with Crippen molar-refractivity contribution in [2.24, 2.45) is 10.8 Å². The van der Waals surface area contributed by atoms with Gasteiger partial charge in [-0.2, -0.15) is 0 Å². The molecule has 2 heterocycles. The standard InChI is InChI=1S/C10H14O5/c1-9(7(11)12)5-3-4-6(15-5)10(9,2)8(13)14/h5-6H,3-4H2,1-2H3,(H,11,12)(H,13,14)/t5-,6+,9+,10-. The van der Waals surface area contributed by atoms with Crippen LogP contribution in [0.15, 0.2) is 0 Å². The van der Waals surface area contributed by atoms with Crippen LogP contribution in [0.2, 0.25) is 0 Å². The van der Waals surface area contributed by atoms with Gasteiger partial charge in [0.05, 0.1) is 12.2 Å². The second-order valence-corrected chi connectivity index (χ2v) is 4.71. The summed E-state index contributed by atoms with van der Waals surface area (Å²) >= 11 is 0. The smallest absolute Gasteiger partial charge is 0.313 e. The van der Waals surface area contributed by atoms with E-state index in [1.54, 1.807) is 0 Å². The molecule has 0 radical (unpaired) electrons. The first-order chi connectivity index (χ1) is 6.85. The van der Waals surface area contributed by atoms with Crippen molar-refractivity contribution >= 4 is 11.9 Å². The normalized spacial score (nSPS) is 48.1. The zero-order valence-corrected chi connectivity index (χ0v) is 8.69. The maximum atomic E-state index is 11.3. The van der Waals surface area contributed by atoms with Gasteiger partial charge >= 0.3 is 11.9 Å². The number of ether oxygens (including phenoxy) is 1. The molecule has 2 aliphatic heterocycles. The van der Waals surface area contributed by atoms with E-state index in [0.717, 1.165) is 0 Å². The van der Waals surface area contributed by atoms with Gasteiger partial charge in [-0.25, -0.2) is 0 Å². The van der Waals surface area contributed by atoms with E-state index in [2.05, 4.69) is 0 Å². The molecule has 5 heteroatoms. The Bertz CT molecular complexity index is 307. The summed E-state index contributed by atoms with van der Waals surface area (Å²) in [5, 5.41) is 18.5. The second-order valence-electron chi connectivity index (χ2n) is 4.71. The van der Waals surface area contributed by atoms with Crippen LogP contribution in [0.3, 0.4) is 0 Å². The third-order valence-corrected chi connectivity index (χ3v) is 4.27. The summed E-state index contributed by atoms with van der Waals surface area (Å²) in [5.41, 5.74) is -2.64. The molecule has 0 aromatic carbocycles. The maximum absolute atomic E-state index is 11.3. The van der Waals surface area contributed by atoms with Crippen LogP contribution in [-0.2, 0) is 14.3 Å². The summed E-state index contributed by atoms with van der Waals surface area (Å²) < 4.78 is 5.46. The van der Waals surface area contributed by atoms with E-state index in [1.807, 2.05) is 0 Å². The quantitative estimate of drug-likeness (QED) is 0.707. The van der Waals surface area contributed by atoms with Gasteiger partial charge in [-0.15, -0.1) is 0 Å². The fourth-order valence-electron chi connectivity index (χ4n) is 2.88. The molecule has 2 bridgehead atoms. The van der Waals surface area contributed by atoms with E-state index in [0.29, 0.717) is 12.8 Å². The van der Waals surface area contributed by atoms with Crippen molar-refractivity contribution in [3.8, 4) is 0 Å². The van der Waals surface area contributed by atoms with Crippen LogP contribution in [0, 0.1) is 10.8 Å². The average molecular weight is 214 g/mol. The third-order valence-electron chi connectivity index (χ3n) is 4.27. The first-order valence-corrected chi connectivity index (χ1v) is 4.97. The van der Waals surface area contributed by atoms with Crippen LogP contribution in [0.1, 0.15) is 26.7 Å². The fraction of sp³-hybridized carbons (Fsp3) is 0.800. The summed E-state index contributed by atoms with van der Waals surface area (Å²) in [6.45, 7) is 2.96. The predicted octanol–water partition coefficient (Wildman–Crippen LogP) is 0.729. The zero-order chi connectivity index (χ0) is 11.4. The molecule has 5 nitrogen and oxygen atoms in total. The highest BCUT2D eigenvalue weighted by molar-refractivity contribution is 5.88. The molecule has 0 aromatic heterocycles. The zero-order valence-electron chi connectivity index (χ0n) is 8.69. The molecule has 2 saturated heterocycles. The van der Waals surface area contributed by atoms with Gasteiger partial charge in [0, 0.05) is 0 Å². The fourth-order valence-corrected chi connectivity index (χ4v) is 2.88. The summed E-state index contributed by atoms with van der Waals surface area (Å²) in [4.78, 5) is 22.6. The molecular weight excluding hydrogens is 200 g/mol. The molecule has 0 aliphatic carbocycles. The number of carboxylic acids is 2. The summed E-state index contributed by atoms with van der Waals surface area (Å²) in [6.07, 6.45) is 0.328. The van der Waals surface area contributed by atoms with Crippen molar-refractivity contribution in [2.75, 3.05) is 0 Å². The Kier molecular flexibility index (Phi) is 1.89. The molecule has 0 spiro atoms. The number of fused-ring (bicyclic) bond motifs is 2. The Labute approximate surface area is 87.0 Å². The largest absolute Gasteiger partial charge is 0.481 e. The first-order valence-electron chi connectivity index (χ1n) is 4.97. The lowest BCUT2D eigenvalue weighted by Gasteiger charge is -2.40. The lowest BCUT2D eigenvalue weighted by atomic mass is 9.57.